The summed E-state index contributed by atoms with van der Waals surface area (Å²) in [7, 11) is 3.22. The van der Waals surface area contributed by atoms with Crippen molar-refractivity contribution in [2.24, 2.45) is 5.92 Å². The minimum Gasteiger partial charge on any atom is -0.494 e. The van der Waals surface area contributed by atoms with Gasteiger partial charge in [0, 0.05) is 37.5 Å². The van der Waals surface area contributed by atoms with Crippen LogP contribution in [0.5, 0.6) is 5.75 Å². The van der Waals surface area contributed by atoms with Gasteiger partial charge in [-0.1, -0.05) is 6.07 Å². The fraction of sp³-hybridized carbons (Fsp3) is 0.435. The summed E-state index contributed by atoms with van der Waals surface area (Å²) < 4.78 is 18.9. The molecule has 2 aromatic heterocycles. The Morgan fingerprint density at radius 2 is 2.03 bits per heavy atom. The summed E-state index contributed by atoms with van der Waals surface area (Å²) in [5.74, 6) is 0.835. The zero-order valence-electron chi connectivity index (χ0n) is 18.3. The van der Waals surface area contributed by atoms with Crippen LogP contribution in [0.25, 0.3) is 10.2 Å². The van der Waals surface area contributed by atoms with E-state index >= 15 is 0 Å². The molecule has 8 heteroatoms. The normalized spacial score (nSPS) is 14.8. The number of rotatable bonds is 5. The number of methoxy groups -OCH3 is 1. The van der Waals surface area contributed by atoms with Crippen LogP contribution in [-0.2, 0) is 11.3 Å². The van der Waals surface area contributed by atoms with Gasteiger partial charge in [-0.25, -0.2) is 14.4 Å². The molecule has 0 unspecified atom stereocenters. The van der Waals surface area contributed by atoms with Gasteiger partial charge in [0.05, 0.1) is 12.5 Å². The molecule has 0 radical (unpaired) electrons. The van der Waals surface area contributed by atoms with Gasteiger partial charge in [0.1, 0.15) is 17.0 Å². The van der Waals surface area contributed by atoms with E-state index in [9.17, 15) is 9.18 Å². The zero-order chi connectivity index (χ0) is 22.1. The number of carbonyl (C=O) groups is 1. The minimum atomic E-state index is -0.413. The number of aryl methyl sites for hydroxylation is 2. The summed E-state index contributed by atoms with van der Waals surface area (Å²) in [5.41, 5.74) is 1.98. The lowest BCUT2D eigenvalue weighted by Crippen LogP contribution is -2.41. The first-order valence-electron chi connectivity index (χ1n) is 10.4. The number of fused-ring (bicyclic) bond motifs is 1. The highest BCUT2D eigenvalue weighted by Gasteiger charge is 2.29. The predicted octanol–water partition coefficient (Wildman–Crippen LogP) is 4.33. The van der Waals surface area contributed by atoms with Gasteiger partial charge >= 0.3 is 0 Å². The molecule has 0 N–H and O–H groups in total. The number of benzene rings is 1. The number of nitrogens with zero attached hydrogens (tertiary/aromatic N) is 4. The number of anilines is 1. The molecule has 1 saturated heterocycles. The van der Waals surface area contributed by atoms with Crippen molar-refractivity contribution in [2.75, 3.05) is 32.1 Å². The Balaban J connectivity index is 1.40. The Labute approximate surface area is 185 Å². The van der Waals surface area contributed by atoms with Crippen LogP contribution in [0, 0.1) is 25.6 Å². The molecule has 0 saturated carbocycles. The van der Waals surface area contributed by atoms with Crippen molar-refractivity contribution in [3.05, 3.63) is 46.3 Å². The maximum atomic E-state index is 14.0. The predicted molar refractivity (Wildman–Crippen MR) is 121 cm³/mol. The topological polar surface area (TPSA) is 58.6 Å². The maximum absolute atomic E-state index is 14.0. The highest BCUT2D eigenvalue weighted by Crippen LogP contribution is 2.35. The van der Waals surface area contributed by atoms with Gasteiger partial charge in [-0.05, 0) is 49.9 Å². The molecule has 1 amide bonds. The van der Waals surface area contributed by atoms with E-state index in [4.69, 9.17) is 4.74 Å². The molecule has 31 heavy (non-hydrogen) atoms. The van der Waals surface area contributed by atoms with Crippen LogP contribution in [0.15, 0.2) is 24.5 Å². The first-order valence-corrected chi connectivity index (χ1v) is 11.2. The summed E-state index contributed by atoms with van der Waals surface area (Å²) >= 11 is 1.70. The third-order valence-electron chi connectivity index (χ3n) is 6.10. The molecule has 0 atom stereocenters. The van der Waals surface area contributed by atoms with Crippen molar-refractivity contribution < 1.29 is 13.9 Å². The van der Waals surface area contributed by atoms with E-state index in [2.05, 4.69) is 28.7 Å². The number of carbonyl (C=O) groups excluding carboxylic acids is 1. The summed E-state index contributed by atoms with van der Waals surface area (Å²) in [6.45, 7) is 6.17. The van der Waals surface area contributed by atoms with Gasteiger partial charge < -0.3 is 14.5 Å². The number of piperidine rings is 1. The summed E-state index contributed by atoms with van der Waals surface area (Å²) in [6.07, 6.45) is 3.17. The SMILES string of the molecule is COc1ccc(CN(C)C(=O)C2CCN(c3ncnc4sc(C)c(C)c34)CC2)cc1F. The molecular weight excluding hydrogens is 415 g/mol. The van der Waals surface area contributed by atoms with Gasteiger partial charge in [-0.3, -0.25) is 4.79 Å². The molecule has 3 aromatic rings. The Morgan fingerprint density at radius 3 is 2.71 bits per heavy atom. The number of hydrogen-bond donors (Lipinski definition) is 0. The zero-order valence-corrected chi connectivity index (χ0v) is 19.1. The molecule has 1 aliphatic heterocycles. The van der Waals surface area contributed by atoms with Crippen molar-refractivity contribution in [2.45, 2.75) is 33.2 Å². The minimum absolute atomic E-state index is 0.0352. The largest absolute Gasteiger partial charge is 0.494 e. The van der Waals surface area contributed by atoms with Crippen molar-refractivity contribution >= 4 is 33.3 Å². The van der Waals surface area contributed by atoms with E-state index in [1.807, 2.05) is 0 Å². The van der Waals surface area contributed by atoms with Gasteiger partial charge in [0.15, 0.2) is 11.6 Å². The van der Waals surface area contributed by atoms with E-state index in [1.165, 1.54) is 23.6 Å². The smallest absolute Gasteiger partial charge is 0.225 e. The van der Waals surface area contributed by atoms with E-state index < -0.39 is 5.82 Å². The Bertz CT molecular complexity index is 1110. The Hall–Kier alpha value is -2.74. The molecule has 1 fully saturated rings. The molecule has 4 rings (SSSR count). The van der Waals surface area contributed by atoms with Crippen LogP contribution in [-0.4, -0.2) is 48.0 Å². The lowest BCUT2D eigenvalue weighted by Gasteiger charge is -2.34. The third-order valence-corrected chi connectivity index (χ3v) is 7.22. The molecule has 0 bridgehead atoms. The van der Waals surface area contributed by atoms with Gasteiger partial charge in [0.25, 0.3) is 0 Å². The van der Waals surface area contributed by atoms with Gasteiger partial charge in [-0.15, -0.1) is 11.3 Å². The highest BCUT2D eigenvalue weighted by atomic mass is 32.1. The van der Waals surface area contributed by atoms with Crippen LogP contribution in [0.3, 0.4) is 0 Å². The number of hydrogen-bond acceptors (Lipinski definition) is 6. The summed E-state index contributed by atoms with van der Waals surface area (Å²) in [5, 5.41) is 1.13. The molecule has 0 aliphatic carbocycles. The van der Waals surface area contributed by atoms with Gasteiger partial charge in [-0.2, -0.15) is 0 Å². The van der Waals surface area contributed by atoms with E-state index in [0.717, 1.165) is 47.5 Å². The quantitative estimate of drug-likeness (QED) is 0.589. The summed E-state index contributed by atoms with van der Waals surface area (Å²) in [4.78, 5) is 28.2. The lowest BCUT2D eigenvalue weighted by atomic mass is 9.95. The van der Waals surface area contributed by atoms with E-state index in [1.54, 1.807) is 41.7 Å². The number of halogens is 1. The molecule has 6 nitrogen and oxygen atoms in total. The van der Waals surface area contributed by atoms with Crippen LogP contribution in [0.1, 0.15) is 28.8 Å². The van der Waals surface area contributed by atoms with Crippen LogP contribution in [0.2, 0.25) is 0 Å². The van der Waals surface area contributed by atoms with E-state index in [0.29, 0.717) is 6.54 Å². The average molecular weight is 443 g/mol. The summed E-state index contributed by atoms with van der Waals surface area (Å²) in [6, 6.07) is 4.81. The van der Waals surface area contributed by atoms with Crippen molar-refractivity contribution in [3.63, 3.8) is 0 Å². The average Bonchev–Trinajstić information content (AvgIpc) is 3.07. The van der Waals surface area contributed by atoms with Gasteiger partial charge in [0.2, 0.25) is 5.91 Å². The van der Waals surface area contributed by atoms with Crippen LogP contribution >= 0.6 is 11.3 Å². The number of aromatic nitrogens is 2. The molecular formula is C23H27FN4O2S. The van der Waals surface area contributed by atoms with Crippen molar-refractivity contribution in [3.8, 4) is 5.75 Å². The monoisotopic (exact) mass is 442 g/mol. The molecule has 164 valence electrons. The number of amides is 1. The Kier molecular flexibility index (Phi) is 6.09. The molecule has 1 aromatic carbocycles. The standard InChI is InChI=1S/C23H27FN4O2S/c1-14-15(2)31-22-20(14)21(25-13-26-22)28-9-7-17(8-10-28)23(29)27(3)12-16-5-6-19(30-4)18(24)11-16/h5-6,11,13,17H,7-10,12H2,1-4H3. The van der Waals surface area contributed by atoms with Crippen molar-refractivity contribution in [1.82, 2.24) is 14.9 Å². The number of thiophene rings is 1. The van der Waals surface area contributed by atoms with Crippen LogP contribution < -0.4 is 9.64 Å². The molecule has 0 spiro atoms. The first kappa shape index (κ1) is 21.5. The maximum Gasteiger partial charge on any atom is 0.225 e. The second kappa shape index (κ2) is 8.78. The Morgan fingerprint density at radius 1 is 1.29 bits per heavy atom. The van der Waals surface area contributed by atoms with Crippen LogP contribution in [0.4, 0.5) is 10.2 Å². The molecule has 1 aliphatic rings. The highest BCUT2D eigenvalue weighted by molar-refractivity contribution is 7.18. The fourth-order valence-electron chi connectivity index (χ4n) is 4.21. The number of ether oxygens (including phenoxy) is 1. The lowest BCUT2D eigenvalue weighted by molar-refractivity contribution is -0.135. The first-order chi connectivity index (χ1) is 14.9. The van der Waals surface area contributed by atoms with E-state index in [-0.39, 0.29) is 17.6 Å². The molecule has 3 heterocycles. The second-order valence-electron chi connectivity index (χ2n) is 8.09. The second-order valence-corrected chi connectivity index (χ2v) is 9.29. The fourth-order valence-corrected chi connectivity index (χ4v) is 5.20. The van der Waals surface area contributed by atoms with Crippen molar-refractivity contribution in [1.29, 1.82) is 0 Å². The third kappa shape index (κ3) is 4.21.